The van der Waals surface area contributed by atoms with Crippen LogP contribution in [0, 0.1) is 20.0 Å². The van der Waals surface area contributed by atoms with Crippen LogP contribution in [0.5, 0.6) is 5.75 Å². The third-order valence-corrected chi connectivity index (χ3v) is 1.80. The van der Waals surface area contributed by atoms with Crippen LogP contribution in [0.25, 0.3) is 0 Å². The fourth-order valence-corrected chi connectivity index (χ4v) is 1.02. The van der Waals surface area contributed by atoms with E-state index in [1.807, 2.05) is 55.5 Å². The molecule has 1 rings (SSSR count). The molecule has 0 aliphatic carbocycles. The summed E-state index contributed by atoms with van der Waals surface area (Å²) < 4.78 is 27.6. The molecule has 0 heterocycles. The van der Waals surface area contributed by atoms with Crippen LogP contribution < -0.4 is 4.74 Å². The number of nitrogens with zero attached hydrogens (tertiary/aromatic N) is 1. The van der Waals surface area contributed by atoms with Crippen LogP contribution in [-0.4, -0.2) is 13.3 Å². The number of hydrogen-bond donors (Lipinski definition) is 0. The molecular formula is C16H15FeNO4. The molecule has 5 nitrogen and oxygen atoms in total. The van der Waals surface area contributed by atoms with Crippen LogP contribution in [0.15, 0.2) is 53.6 Å². The third-order valence-electron chi connectivity index (χ3n) is 1.80. The van der Waals surface area contributed by atoms with E-state index in [1.54, 1.807) is 13.3 Å². The summed E-state index contributed by atoms with van der Waals surface area (Å²) in [7, 11) is 1.65. The second-order valence-electron chi connectivity index (χ2n) is 2.89. The molecule has 22 heavy (non-hydrogen) atoms. The van der Waals surface area contributed by atoms with Crippen molar-refractivity contribution in [2.75, 3.05) is 7.11 Å². The van der Waals surface area contributed by atoms with Gasteiger partial charge in [0.25, 0.3) is 0 Å². The van der Waals surface area contributed by atoms with Crippen molar-refractivity contribution in [1.29, 1.82) is 0 Å². The Morgan fingerprint density at radius 2 is 1.41 bits per heavy atom. The summed E-state index contributed by atoms with van der Waals surface area (Å²) in [6, 6.07) is 7.61. The topological polar surface area (TPSA) is 81.3 Å². The zero-order valence-electron chi connectivity index (χ0n) is 12.1. The summed E-state index contributed by atoms with van der Waals surface area (Å²) in [6.07, 6.45) is 9.52. The largest absolute Gasteiger partial charge is 0 e. The minimum absolute atomic E-state index is 0. The Balaban J connectivity index is -0.000000206. The average molecular weight is 341 g/mol. The molecule has 0 saturated carbocycles. The standard InChI is InChI=1S/C13H15NO.3CO.Fe/c1-3-4-5-6-11-14-12-7-9-13(15-2)10-8-12;3*1-2;/h3-11H,1-2H3;;;;/b4-3+,6-5+,14-11?;;;;. The fourth-order valence-electron chi connectivity index (χ4n) is 1.02. The van der Waals surface area contributed by atoms with Gasteiger partial charge in [0, 0.05) is 23.3 Å². The van der Waals surface area contributed by atoms with Gasteiger partial charge < -0.3 is 4.74 Å². The summed E-state index contributed by atoms with van der Waals surface area (Å²) in [6.45, 7) is 15.5. The van der Waals surface area contributed by atoms with Gasteiger partial charge in [0.15, 0.2) is 0 Å². The van der Waals surface area contributed by atoms with Gasteiger partial charge in [-0.3, -0.25) is 4.99 Å². The Bertz CT molecular complexity index is 471. The predicted octanol–water partition coefficient (Wildman–Crippen LogP) is 3.41. The van der Waals surface area contributed by atoms with Gasteiger partial charge in [0.05, 0.1) is 12.8 Å². The first kappa shape index (κ1) is 28.1. The number of rotatable bonds is 4. The molecule has 0 unspecified atom stereocenters. The molecule has 1 aromatic rings. The van der Waals surface area contributed by atoms with E-state index in [2.05, 4.69) is 24.9 Å². The molecule has 0 N–H and O–H groups in total. The van der Waals surface area contributed by atoms with Crippen LogP contribution in [-0.2, 0) is 31.0 Å². The molecule has 0 aliphatic heterocycles. The molecule has 0 atom stereocenters. The van der Waals surface area contributed by atoms with E-state index in [9.17, 15) is 0 Å². The summed E-state index contributed by atoms with van der Waals surface area (Å²) in [4.78, 5) is 4.25. The van der Waals surface area contributed by atoms with E-state index in [-0.39, 0.29) is 17.1 Å². The van der Waals surface area contributed by atoms with Gasteiger partial charge in [-0.2, -0.15) is 0 Å². The smallest absolute Gasteiger partial charge is 0 e. The van der Waals surface area contributed by atoms with Crippen molar-refractivity contribution in [1.82, 2.24) is 0 Å². The van der Waals surface area contributed by atoms with E-state index in [1.165, 1.54) is 0 Å². The van der Waals surface area contributed by atoms with Crippen molar-refractivity contribution in [3.63, 3.8) is 0 Å². The number of methoxy groups -OCH3 is 1. The molecule has 0 spiro atoms. The van der Waals surface area contributed by atoms with E-state index in [4.69, 9.17) is 18.7 Å². The van der Waals surface area contributed by atoms with Gasteiger partial charge in [-0.05, 0) is 37.3 Å². The Morgan fingerprint density at radius 3 is 1.82 bits per heavy atom. The van der Waals surface area contributed by atoms with Crippen molar-refractivity contribution in [3.8, 4) is 5.75 Å². The molecule has 0 fully saturated rings. The van der Waals surface area contributed by atoms with E-state index < -0.39 is 0 Å². The molecule has 0 radical (unpaired) electrons. The monoisotopic (exact) mass is 341 g/mol. The molecule has 0 saturated heterocycles. The molecule has 0 aliphatic rings. The molecular weight excluding hydrogens is 326 g/mol. The van der Waals surface area contributed by atoms with Gasteiger partial charge in [-0.25, -0.2) is 0 Å². The number of ether oxygens (including phenoxy) is 1. The second kappa shape index (κ2) is 27.3. The number of allylic oxidation sites excluding steroid dienone is 4. The van der Waals surface area contributed by atoms with Crippen LogP contribution in [0.2, 0.25) is 0 Å². The maximum Gasteiger partial charge on any atom is 0 e. The first-order chi connectivity index (χ1) is 10.4. The Kier molecular flexibility index (Phi) is 34.9. The molecule has 116 valence electrons. The minimum atomic E-state index is 0. The van der Waals surface area contributed by atoms with Crippen molar-refractivity contribution in [2.24, 2.45) is 4.99 Å². The second-order valence-corrected chi connectivity index (χ2v) is 2.89. The average Bonchev–Trinajstić information content (AvgIpc) is 2.60. The molecule has 0 amide bonds. The summed E-state index contributed by atoms with van der Waals surface area (Å²) in [5.41, 5.74) is 0.918. The zero-order valence-corrected chi connectivity index (χ0v) is 13.2. The summed E-state index contributed by atoms with van der Waals surface area (Å²) >= 11 is 0. The Labute approximate surface area is 141 Å². The van der Waals surface area contributed by atoms with Crippen molar-refractivity contribution in [3.05, 3.63) is 68.5 Å². The molecule has 1 aromatic carbocycles. The Hall–Kier alpha value is -2.09. The number of aliphatic imine (C=N–C) groups is 1. The van der Waals surface area contributed by atoms with E-state index >= 15 is 0 Å². The third kappa shape index (κ3) is 17.9. The minimum Gasteiger partial charge on any atom is 0 e. The fraction of sp³-hybridized carbons (Fsp3) is 0.125. The van der Waals surface area contributed by atoms with Gasteiger partial charge in [0.2, 0.25) is 0 Å². The van der Waals surface area contributed by atoms with Crippen LogP contribution in [0.3, 0.4) is 0 Å². The van der Waals surface area contributed by atoms with Gasteiger partial charge in [-0.15, -0.1) is 0 Å². The first-order valence-corrected chi connectivity index (χ1v) is 5.44. The maximum atomic E-state index is 7.50. The predicted molar refractivity (Wildman–Crippen MR) is 76.9 cm³/mol. The maximum absolute atomic E-state index is 7.50. The normalized spacial score (nSPS) is 8.36. The van der Waals surface area contributed by atoms with Gasteiger partial charge in [-0.1, -0.05) is 18.2 Å². The summed E-state index contributed by atoms with van der Waals surface area (Å²) in [5, 5.41) is 0. The molecule has 0 aromatic heterocycles. The zero-order chi connectivity index (χ0) is 16.9. The van der Waals surface area contributed by atoms with Crippen LogP contribution >= 0.6 is 0 Å². The van der Waals surface area contributed by atoms with Crippen LogP contribution in [0.1, 0.15) is 6.92 Å². The van der Waals surface area contributed by atoms with Crippen molar-refractivity contribution >= 4 is 11.9 Å². The molecule has 0 bridgehead atoms. The van der Waals surface area contributed by atoms with Crippen LogP contribution in [0.4, 0.5) is 5.69 Å². The summed E-state index contributed by atoms with van der Waals surface area (Å²) in [5.74, 6) is 0.846. The van der Waals surface area contributed by atoms with E-state index in [0.29, 0.717) is 0 Å². The number of hydrogen-bond acceptors (Lipinski definition) is 2. The SMILES string of the molecule is C/C=C/C=C/C=Nc1ccc(OC)cc1.[C-]#[O+].[C-]#[O+].[C-]#[O+].[Fe]. The quantitative estimate of drug-likeness (QED) is 0.272. The number of benzene rings is 1. The van der Waals surface area contributed by atoms with E-state index in [0.717, 1.165) is 11.4 Å². The van der Waals surface area contributed by atoms with Gasteiger partial charge >= 0.3 is 33.9 Å². The molecule has 6 heteroatoms. The van der Waals surface area contributed by atoms with Gasteiger partial charge in [0.1, 0.15) is 5.75 Å². The van der Waals surface area contributed by atoms with Crippen molar-refractivity contribution < 1.29 is 35.8 Å². The van der Waals surface area contributed by atoms with Crippen molar-refractivity contribution in [2.45, 2.75) is 6.92 Å². The first-order valence-electron chi connectivity index (χ1n) is 5.44. The Morgan fingerprint density at radius 1 is 0.909 bits per heavy atom.